The van der Waals surface area contributed by atoms with Gasteiger partial charge in [0.2, 0.25) is 0 Å². The van der Waals surface area contributed by atoms with Gasteiger partial charge >= 0.3 is 6.03 Å². The van der Waals surface area contributed by atoms with Crippen molar-refractivity contribution in [3.63, 3.8) is 0 Å². The van der Waals surface area contributed by atoms with E-state index >= 15 is 0 Å². The summed E-state index contributed by atoms with van der Waals surface area (Å²) in [7, 11) is 1.55. The zero-order valence-electron chi connectivity index (χ0n) is 15.8. The lowest BCUT2D eigenvalue weighted by molar-refractivity contribution is 0.0939. The molecule has 1 aromatic carbocycles. The molecule has 3 N–H and O–H groups in total. The van der Waals surface area contributed by atoms with Crippen molar-refractivity contribution < 1.29 is 19.1 Å². The summed E-state index contributed by atoms with van der Waals surface area (Å²) >= 11 is 0. The van der Waals surface area contributed by atoms with Crippen molar-refractivity contribution in [3.05, 3.63) is 42.2 Å². The van der Waals surface area contributed by atoms with Gasteiger partial charge in [-0.3, -0.25) is 9.48 Å². The zero-order chi connectivity index (χ0) is 19.8. The summed E-state index contributed by atoms with van der Waals surface area (Å²) in [6, 6.07) is 6.52. The Morgan fingerprint density at radius 1 is 1.32 bits per heavy atom. The van der Waals surface area contributed by atoms with E-state index in [0.717, 1.165) is 19.4 Å². The van der Waals surface area contributed by atoms with E-state index in [2.05, 4.69) is 21.0 Å². The molecule has 9 heteroatoms. The Morgan fingerprint density at radius 2 is 2.18 bits per heavy atom. The lowest BCUT2D eigenvalue weighted by Crippen LogP contribution is -2.36. The van der Waals surface area contributed by atoms with Gasteiger partial charge in [-0.05, 0) is 31.0 Å². The first-order chi connectivity index (χ1) is 13.6. The van der Waals surface area contributed by atoms with Gasteiger partial charge < -0.3 is 25.4 Å². The minimum absolute atomic E-state index is 0.190. The number of benzene rings is 1. The fraction of sp³-hybridized carbons (Fsp3) is 0.421. The third-order valence-corrected chi connectivity index (χ3v) is 4.33. The van der Waals surface area contributed by atoms with Crippen LogP contribution >= 0.6 is 0 Å². The van der Waals surface area contributed by atoms with Crippen LogP contribution in [0.15, 0.2) is 36.7 Å². The molecule has 1 aliphatic heterocycles. The topological polar surface area (TPSA) is 107 Å². The van der Waals surface area contributed by atoms with Gasteiger partial charge in [0, 0.05) is 31.5 Å². The van der Waals surface area contributed by atoms with Crippen molar-refractivity contribution in [2.45, 2.75) is 25.5 Å². The Morgan fingerprint density at radius 3 is 2.96 bits per heavy atom. The maximum absolute atomic E-state index is 12.1. The highest BCUT2D eigenvalue weighted by molar-refractivity contribution is 5.94. The standard InChI is InChI=1S/C19H25N5O4/c1-27-16-5-2-4-14(10-16)18(25)20-7-8-21-19(26)23-15-11-22-24(12-15)13-17-6-3-9-28-17/h2,4-5,10-12,17H,3,6-9,13H2,1H3,(H,20,25)(H2,21,23,26). The van der Waals surface area contributed by atoms with Crippen LogP contribution in [0.25, 0.3) is 0 Å². The van der Waals surface area contributed by atoms with Crippen molar-refractivity contribution in [3.8, 4) is 5.75 Å². The maximum Gasteiger partial charge on any atom is 0.319 e. The fourth-order valence-corrected chi connectivity index (χ4v) is 2.92. The minimum atomic E-state index is -0.354. The van der Waals surface area contributed by atoms with Crippen LogP contribution in [0.3, 0.4) is 0 Å². The molecule has 150 valence electrons. The number of urea groups is 1. The van der Waals surface area contributed by atoms with E-state index < -0.39 is 0 Å². The van der Waals surface area contributed by atoms with Gasteiger partial charge in [-0.2, -0.15) is 5.10 Å². The second kappa shape index (κ2) is 9.75. The molecule has 0 bridgehead atoms. The van der Waals surface area contributed by atoms with Crippen molar-refractivity contribution in [2.75, 3.05) is 32.1 Å². The third-order valence-electron chi connectivity index (χ3n) is 4.33. The van der Waals surface area contributed by atoms with Crippen LogP contribution in [-0.2, 0) is 11.3 Å². The first-order valence-corrected chi connectivity index (χ1v) is 9.25. The molecule has 2 aromatic rings. The maximum atomic E-state index is 12.1. The molecule has 2 heterocycles. The van der Waals surface area contributed by atoms with Gasteiger partial charge in [-0.15, -0.1) is 0 Å². The largest absolute Gasteiger partial charge is 0.497 e. The molecule has 0 radical (unpaired) electrons. The molecule has 3 amide bonds. The molecule has 1 fully saturated rings. The van der Waals surface area contributed by atoms with Crippen LogP contribution in [0.2, 0.25) is 0 Å². The van der Waals surface area contributed by atoms with Gasteiger partial charge in [0.05, 0.1) is 31.6 Å². The molecule has 1 aromatic heterocycles. The molecular weight excluding hydrogens is 362 g/mol. The summed E-state index contributed by atoms with van der Waals surface area (Å²) in [5.74, 6) is 0.390. The number of carbonyl (C=O) groups excluding carboxylic acids is 2. The molecule has 1 aliphatic rings. The van der Waals surface area contributed by atoms with E-state index in [1.54, 1.807) is 48.5 Å². The Bertz CT molecular complexity index is 801. The quantitative estimate of drug-likeness (QED) is 0.597. The highest BCUT2D eigenvalue weighted by Crippen LogP contribution is 2.15. The van der Waals surface area contributed by atoms with Crippen LogP contribution in [0, 0.1) is 0 Å². The van der Waals surface area contributed by atoms with Crippen molar-refractivity contribution in [1.29, 1.82) is 0 Å². The summed E-state index contributed by atoms with van der Waals surface area (Å²) in [6.45, 7) is 2.08. The zero-order valence-corrected chi connectivity index (χ0v) is 15.8. The summed E-state index contributed by atoms with van der Waals surface area (Å²) in [5.41, 5.74) is 1.11. The molecular formula is C19H25N5O4. The number of hydrogen-bond donors (Lipinski definition) is 3. The third kappa shape index (κ3) is 5.71. The summed E-state index contributed by atoms with van der Waals surface area (Å²) in [4.78, 5) is 24.0. The van der Waals surface area contributed by atoms with Gasteiger partial charge in [-0.25, -0.2) is 4.79 Å². The molecule has 1 atom stereocenters. The van der Waals surface area contributed by atoms with Crippen molar-refractivity contribution in [2.24, 2.45) is 0 Å². The highest BCUT2D eigenvalue weighted by Gasteiger charge is 2.16. The predicted molar refractivity (Wildman–Crippen MR) is 104 cm³/mol. The van der Waals surface area contributed by atoms with Gasteiger partial charge in [0.15, 0.2) is 0 Å². The van der Waals surface area contributed by atoms with E-state index in [1.807, 2.05) is 0 Å². The smallest absolute Gasteiger partial charge is 0.319 e. The van der Waals surface area contributed by atoms with E-state index in [1.165, 1.54) is 0 Å². The number of anilines is 1. The normalized spacial score (nSPS) is 15.8. The van der Waals surface area contributed by atoms with Crippen LogP contribution in [-0.4, -0.2) is 54.6 Å². The highest BCUT2D eigenvalue weighted by atomic mass is 16.5. The minimum Gasteiger partial charge on any atom is -0.497 e. The Hall–Kier alpha value is -3.07. The van der Waals surface area contributed by atoms with E-state index in [0.29, 0.717) is 36.6 Å². The summed E-state index contributed by atoms with van der Waals surface area (Å²) < 4.78 is 12.4. The number of amides is 3. The average Bonchev–Trinajstić information content (AvgIpc) is 3.37. The first-order valence-electron chi connectivity index (χ1n) is 9.25. The lowest BCUT2D eigenvalue weighted by atomic mass is 10.2. The van der Waals surface area contributed by atoms with Crippen molar-refractivity contribution in [1.82, 2.24) is 20.4 Å². The number of carbonyl (C=O) groups is 2. The molecule has 1 unspecified atom stereocenters. The Labute approximate surface area is 163 Å². The number of nitrogens with one attached hydrogen (secondary N) is 3. The average molecular weight is 387 g/mol. The second-order valence-corrected chi connectivity index (χ2v) is 6.45. The molecule has 9 nitrogen and oxygen atoms in total. The molecule has 0 spiro atoms. The number of nitrogens with zero attached hydrogens (tertiary/aromatic N) is 2. The second-order valence-electron chi connectivity index (χ2n) is 6.45. The van der Waals surface area contributed by atoms with E-state index in [4.69, 9.17) is 9.47 Å². The number of aromatic nitrogens is 2. The summed E-state index contributed by atoms with van der Waals surface area (Å²) in [5, 5.41) is 12.4. The number of hydrogen-bond acceptors (Lipinski definition) is 5. The Kier molecular flexibility index (Phi) is 6.85. The van der Waals surface area contributed by atoms with Crippen LogP contribution in [0.1, 0.15) is 23.2 Å². The Balaban J connectivity index is 1.35. The van der Waals surface area contributed by atoms with E-state index in [9.17, 15) is 9.59 Å². The molecule has 0 saturated carbocycles. The SMILES string of the molecule is COc1cccc(C(=O)NCCNC(=O)Nc2cnn(CC3CCCO3)c2)c1. The molecule has 1 saturated heterocycles. The molecule has 3 rings (SSSR count). The number of ether oxygens (including phenoxy) is 2. The number of rotatable bonds is 8. The molecule has 28 heavy (non-hydrogen) atoms. The predicted octanol–water partition coefficient (Wildman–Crippen LogP) is 1.62. The lowest BCUT2D eigenvalue weighted by Gasteiger charge is -2.09. The van der Waals surface area contributed by atoms with Crippen LogP contribution < -0.4 is 20.7 Å². The van der Waals surface area contributed by atoms with Crippen LogP contribution in [0.4, 0.5) is 10.5 Å². The number of methoxy groups -OCH3 is 1. The van der Waals surface area contributed by atoms with Crippen LogP contribution in [0.5, 0.6) is 5.75 Å². The monoisotopic (exact) mass is 387 g/mol. The molecule has 0 aliphatic carbocycles. The van der Waals surface area contributed by atoms with Gasteiger partial charge in [0.25, 0.3) is 5.91 Å². The first kappa shape index (κ1) is 19.7. The van der Waals surface area contributed by atoms with Crippen molar-refractivity contribution >= 4 is 17.6 Å². The van der Waals surface area contributed by atoms with E-state index in [-0.39, 0.29) is 18.0 Å². The fourth-order valence-electron chi connectivity index (χ4n) is 2.92. The van der Waals surface area contributed by atoms with Gasteiger partial charge in [0.1, 0.15) is 5.75 Å². The summed E-state index contributed by atoms with van der Waals surface area (Å²) in [6.07, 6.45) is 5.67. The van der Waals surface area contributed by atoms with Gasteiger partial charge in [-0.1, -0.05) is 6.07 Å².